The number of hydrogen-bond acceptors (Lipinski definition) is 3. The van der Waals surface area contributed by atoms with Crippen molar-refractivity contribution >= 4 is 11.8 Å². The average Bonchev–Trinajstić information content (AvgIpc) is 2.77. The van der Waals surface area contributed by atoms with Crippen LogP contribution in [0.4, 0.5) is 0 Å². The highest BCUT2D eigenvalue weighted by Crippen LogP contribution is 1.98. The van der Waals surface area contributed by atoms with Crippen LogP contribution in [0, 0.1) is 0 Å². The Morgan fingerprint density at radius 1 is 1.40 bits per heavy atom. The maximum absolute atomic E-state index is 11.3. The van der Waals surface area contributed by atoms with Gasteiger partial charge in [-0.05, 0) is 12.1 Å². The number of rotatable bonds is 5. The highest BCUT2D eigenvalue weighted by Gasteiger charge is 2.04. The van der Waals surface area contributed by atoms with Crippen molar-refractivity contribution < 1.29 is 14.0 Å². The molecule has 2 N–H and O–H groups in total. The summed E-state index contributed by atoms with van der Waals surface area (Å²) in [6.07, 6.45) is 3.96. The Balaban J connectivity index is 2.18. The van der Waals surface area contributed by atoms with Crippen molar-refractivity contribution in [3.63, 3.8) is 0 Å². The van der Waals surface area contributed by atoms with Gasteiger partial charge in [-0.2, -0.15) is 0 Å². The molecule has 80 valence electrons. The minimum Gasteiger partial charge on any atom is -0.472 e. The standard InChI is InChI=1S/C10H12N2O3/c1-2-9(13)11-4-5-12-10(14)8-3-6-15-7-8/h2-3,6-7H,1,4-5H2,(H,11,13)(H,12,14). The first-order chi connectivity index (χ1) is 7.24. The Morgan fingerprint density at radius 2 is 2.13 bits per heavy atom. The van der Waals surface area contributed by atoms with Gasteiger partial charge in [0, 0.05) is 13.1 Å². The SMILES string of the molecule is C=CC(=O)NCCNC(=O)c1ccoc1. The van der Waals surface area contributed by atoms with Crippen LogP contribution in [-0.2, 0) is 4.79 Å². The number of furan rings is 1. The van der Waals surface area contributed by atoms with Gasteiger partial charge in [0.15, 0.2) is 0 Å². The molecule has 0 aliphatic rings. The Labute approximate surface area is 87.1 Å². The van der Waals surface area contributed by atoms with E-state index in [1.165, 1.54) is 18.6 Å². The molecule has 0 bridgehead atoms. The topological polar surface area (TPSA) is 71.3 Å². The Hall–Kier alpha value is -2.04. The molecule has 0 fully saturated rings. The van der Waals surface area contributed by atoms with Crippen molar-refractivity contribution in [1.29, 1.82) is 0 Å². The zero-order valence-electron chi connectivity index (χ0n) is 8.16. The van der Waals surface area contributed by atoms with E-state index >= 15 is 0 Å². The number of nitrogens with one attached hydrogen (secondary N) is 2. The van der Waals surface area contributed by atoms with Gasteiger partial charge in [0.05, 0.1) is 11.8 Å². The number of carbonyl (C=O) groups excluding carboxylic acids is 2. The predicted molar refractivity (Wildman–Crippen MR) is 54.2 cm³/mol. The van der Waals surface area contributed by atoms with E-state index in [0.717, 1.165) is 0 Å². The summed E-state index contributed by atoms with van der Waals surface area (Å²) in [5.41, 5.74) is 0.463. The summed E-state index contributed by atoms with van der Waals surface area (Å²) in [6.45, 7) is 4.04. The molecule has 1 aromatic rings. The molecule has 0 atom stereocenters. The smallest absolute Gasteiger partial charge is 0.254 e. The van der Waals surface area contributed by atoms with Crippen LogP contribution in [0.5, 0.6) is 0 Å². The number of carbonyl (C=O) groups is 2. The van der Waals surface area contributed by atoms with E-state index in [4.69, 9.17) is 4.42 Å². The van der Waals surface area contributed by atoms with Gasteiger partial charge >= 0.3 is 0 Å². The minimum atomic E-state index is -0.257. The molecule has 0 aliphatic heterocycles. The van der Waals surface area contributed by atoms with Crippen LogP contribution in [0.1, 0.15) is 10.4 Å². The molecule has 0 aliphatic carbocycles. The first-order valence-electron chi connectivity index (χ1n) is 4.44. The van der Waals surface area contributed by atoms with E-state index in [2.05, 4.69) is 17.2 Å². The quantitative estimate of drug-likeness (QED) is 0.540. The lowest BCUT2D eigenvalue weighted by Gasteiger charge is -2.03. The molecule has 5 heteroatoms. The molecule has 15 heavy (non-hydrogen) atoms. The fraction of sp³-hybridized carbons (Fsp3) is 0.200. The molecule has 1 aromatic heterocycles. The lowest BCUT2D eigenvalue weighted by Crippen LogP contribution is -2.33. The third kappa shape index (κ3) is 3.68. The summed E-state index contributed by atoms with van der Waals surface area (Å²) in [6, 6.07) is 1.57. The molecule has 0 saturated heterocycles. The summed E-state index contributed by atoms with van der Waals surface area (Å²) >= 11 is 0. The highest BCUT2D eigenvalue weighted by atomic mass is 16.3. The maximum Gasteiger partial charge on any atom is 0.254 e. The van der Waals surface area contributed by atoms with Crippen molar-refractivity contribution in [3.05, 3.63) is 36.8 Å². The van der Waals surface area contributed by atoms with Gasteiger partial charge in [0.2, 0.25) is 5.91 Å². The summed E-state index contributed by atoms with van der Waals surface area (Å²) < 4.78 is 4.75. The second-order valence-electron chi connectivity index (χ2n) is 2.76. The fourth-order valence-electron chi connectivity index (χ4n) is 0.930. The Morgan fingerprint density at radius 3 is 2.73 bits per heavy atom. The minimum absolute atomic E-state index is 0.225. The van der Waals surface area contributed by atoms with E-state index in [-0.39, 0.29) is 11.8 Å². The second-order valence-corrected chi connectivity index (χ2v) is 2.76. The molecule has 1 rings (SSSR count). The first-order valence-corrected chi connectivity index (χ1v) is 4.44. The number of amides is 2. The maximum atomic E-state index is 11.3. The summed E-state index contributed by atoms with van der Waals surface area (Å²) in [4.78, 5) is 22.0. The van der Waals surface area contributed by atoms with Crippen LogP contribution >= 0.6 is 0 Å². The molecule has 0 unspecified atom stereocenters. The highest BCUT2D eigenvalue weighted by molar-refractivity contribution is 5.93. The van der Waals surface area contributed by atoms with E-state index in [0.29, 0.717) is 18.7 Å². The van der Waals surface area contributed by atoms with Crippen LogP contribution in [0.25, 0.3) is 0 Å². The van der Waals surface area contributed by atoms with Gasteiger partial charge in [-0.3, -0.25) is 9.59 Å². The van der Waals surface area contributed by atoms with Crippen molar-refractivity contribution in [3.8, 4) is 0 Å². The van der Waals surface area contributed by atoms with Crippen molar-refractivity contribution in [1.82, 2.24) is 10.6 Å². The van der Waals surface area contributed by atoms with Gasteiger partial charge in [-0.25, -0.2) is 0 Å². The van der Waals surface area contributed by atoms with Gasteiger partial charge < -0.3 is 15.1 Å². The summed E-state index contributed by atoms with van der Waals surface area (Å²) in [7, 11) is 0. The Kier molecular flexibility index (Phi) is 4.15. The zero-order valence-corrected chi connectivity index (χ0v) is 8.16. The predicted octanol–water partition coefficient (Wildman–Crippen LogP) is 0.312. The van der Waals surface area contributed by atoms with Gasteiger partial charge in [0.1, 0.15) is 6.26 Å². The molecule has 0 aromatic carbocycles. The lowest BCUT2D eigenvalue weighted by atomic mass is 10.3. The molecule has 0 radical (unpaired) electrons. The zero-order chi connectivity index (χ0) is 11.1. The summed E-state index contributed by atoms with van der Waals surface area (Å²) in [5.74, 6) is -0.482. The monoisotopic (exact) mass is 208 g/mol. The average molecular weight is 208 g/mol. The molecule has 0 spiro atoms. The van der Waals surface area contributed by atoms with E-state index in [9.17, 15) is 9.59 Å². The molecule has 1 heterocycles. The van der Waals surface area contributed by atoms with E-state index in [1.54, 1.807) is 6.07 Å². The van der Waals surface area contributed by atoms with Crippen LogP contribution in [0.3, 0.4) is 0 Å². The molecular formula is C10H12N2O3. The molecule has 5 nitrogen and oxygen atoms in total. The third-order valence-corrected chi connectivity index (χ3v) is 1.68. The van der Waals surface area contributed by atoms with Gasteiger partial charge in [-0.1, -0.05) is 6.58 Å². The fourth-order valence-corrected chi connectivity index (χ4v) is 0.930. The van der Waals surface area contributed by atoms with Crippen LogP contribution in [0.15, 0.2) is 35.7 Å². The lowest BCUT2D eigenvalue weighted by molar-refractivity contribution is -0.116. The van der Waals surface area contributed by atoms with E-state index in [1.807, 2.05) is 0 Å². The van der Waals surface area contributed by atoms with Gasteiger partial charge in [-0.15, -0.1) is 0 Å². The second kappa shape index (κ2) is 5.64. The first kappa shape index (κ1) is 11.0. The van der Waals surface area contributed by atoms with Crippen molar-refractivity contribution in [2.24, 2.45) is 0 Å². The van der Waals surface area contributed by atoms with Crippen LogP contribution in [-0.4, -0.2) is 24.9 Å². The van der Waals surface area contributed by atoms with Crippen LogP contribution in [0.2, 0.25) is 0 Å². The Bertz CT molecular complexity index is 344. The van der Waals surface area contributed by atoms with Crippen LogP contribution < -0.4 is 10.6 Å². The molecule has 2 amide bonds. The number of hydrogen-bond donors (Lipinski definition) is 2. The molecule has 0 saturated carbocycles. The normalized spacial score (nSPS) is 9.33. The largest absolute Gasteiger partial charge is 0.472 e. The van der Waals surface area contributed by atoms with E-state index < -0.39 is 0 Å². The third-order valence-electron chi connectivity index (χ3n) is 1.68. The van der Waals surface area contributed by atoms with Crippen molar-refractivity contribution in [2.75, 3.05) is 13.1 Å². The van der Waals surface area contributed by atoms with Gasteiger partial charge in [0.25, 0.3) is 5.91 Å². The molecular weight excluding hydrogens is 196 g/mol. The van der Waals surface area contributed by atoms with Crippen molar-refractivity contribution in [2.45, 2.75) is 0 Å². The summed E-state index contributed by atoms with van der Waals surface area (Å²) in [5, 5.41) is 5.15.